The number of hydrogen-bond donors (Lipinski definition) is 2. The molecule has 0 aromatic carbocycles. The highest BCUT2D eigenvalue weighted by Crippen LogP contribution is 2.15. The second-order valence-corrected chi connectivity index (χ2v) is 6.63. The van der Waals surface area contributed by atoms with Crippen LogP contribution in [0.25, 0.3) is 0 Å². The predicted molar refractivity (Wildman–Crippen MR) is 84.7 cm³/mol. The quantitative estimate of drug-likeness (QED) is 0.286. The average molecular weight is 274 g/mol. The molecule has 0 fully saturated rings. The highest BCUT2D eigenvalue weighted by atomic mass is 31.1. The van der Waals surface area contributed by atoms with E-state index in [0.717, 1.165) is 8.58 Å². The van der Waals surface area contributed by atoms with Crippen molar-refractivity contribution in [2.75, 3.05) is 12.2 Å². The molecule has 108 valence electrons. The van der Waals surface area contributed by atoms with Gasteiger partial charge in [0.05, 0.1) is 0 Å². The summed E-state index contributed by atoms with van der Waals surface area (Å²) in [5, 5.41) is 17.4. The summed E-state index contributed by atoms with van der Waals surface area (Å²) in [5.41, 5.74) is 0. The van der Waals surface area contributed by atoms with Gasteiger partial charge in [-0.25, -0.2) is 0 Å². The topological polar surface area (TPSA) is 40.5 Å². The van der Waals surface area contributed by atoms with Gasteiger partial charge in [0.2, 0.25) is 0 Å². The lowest BCUT2D eigenvalue weighted by Gasteiger charge is -2.03. The van der Waals surface area contributed by atoms with Crippen LogP contribution in [0.1, 0.15) is 77.6 Å². The molecule has 0 spiro atoms. The van der Waals surface area contributed by atoms with Gasteiger partial charge in [-0.2, -0.15) is 0 Å². The Bertz CT molecular complexity index is 157. The molecule has 2 N–H and O–H groups in total. The van der Waals surface area contributed by atoms with E-state index in [2.05, 4.69) is 6.92 Å². The molecule has 1 atom stereocenters. The molecule has 0 radical (unpaired) electrons. The van der Waals surface area contributed by atoms with Gasteiger partial charge in [-0.15, -0.1) is 8.58 Å². The summed E-state index contributed by atoms with van der Waals surface area (Å²) in [4.78, 5) is 0. The van der Waals surface area contributed by atoms with Crippen molar-refractivity contribution < 1.29 is 10.0 Å². The third-order valence-electron chi connectivity index (χ3n) is 3.28. The van der Waals surface area contributed by atoms with E-state index < -0.39 is 7.12 Å². The van der Waals surface area contributed by atoms with Gasteiger partial charge in [0, 0.05) is 0 Å². The van der Waals surface area contributed by atoms with E-state index in [0.29, 0.717) is 6.06 Å². The van der Waals surface area contributed by atoms with Crippen LogP contribution in [0.15, 0.2) is 0 Å². The minimum atomic E-state index is -1.09. The summed E-state index contributed by atoms with van der Waals surface area (Å²) in [6, 6.07) is 0.567. The lowest BCUT2D eigenvalue weighted by Crippen LogP contribution is -2.13. The zero-order chi connectivity index (χ0) is 13.5. The van der Waals surface area contributed by atoms with E-state index in [1.54, 1.807) is 0 Å². The summed E-state index contributed by atoms with van der Waals surface area (Å²) in [6.07, 6.45) is 16.4. The zero-order valence-corrected chi connectivity index (χ0v) is 13.2. The normalized spacial score (nSPS) is 11.5. The first kappa shape index (κ1) is 18.4. The molecule has 0 amide bonds. The Morgan fingerprint density at radius 3 is 1.61 bits per heavy atom. The van der Waals surface area contributed by atoms with Crippen molar-refractivity contribution in [2.45, 2.75) is 77.6 Å². The highest BCUT2D eigenvalue weighted by molar-refractivity contribution is 7.40. The van der Waals surface area contributed by atoms with Crippen molar-refractivity contribution in [1.29, 1.82) is 0 Å². The van der Waals surface area contributed by atoms with Crippen LogP contribution in [-0.4, -0.2) is 29.4 Å². The standard InChI is InChI=1S/C14H32BO2P/c1-2-3-4-5-6-7-8-9-10-11-12-13-18-14-15(16)17/h16-18H,2-14H2,1H3. The molecular weight excluding hydrogens is 242 g/mol. The molecule has 0 heterocycles. The summed E-state index contributed by atoms with van der Waals surface area (Å²) in [7, 11) is -0.363. The molecule has 4 heteroatoms. The molecule has 0 aliphatic rings. The third kappa shape index (κ3) is 16.4. The van der Waals surface area contributed by atoms with Crippen LogP contribution in [0.2, 0.25) is 0 Å². The first-order valence-electron chi connectivity index (χ1n) is 7.84. The monoisotopic (exact) mass is 274 g/mol. The van der Waals surface area contributed by atoms with E-state index >= 15 is 0 Å². The van der Waals surface area contributed by atoms with Crippen molar-refractivity contribution in [3.8, 4) is 0 Å². The molecule has 0 aromatic rings. The fourth-order valence-corrected chi connectivity index (χ4v) is 3.11. The molecule has 0 aromatic heterocycles. The van der Waals surface area contributed by atoms with E-state index in [-0.39, 0.29) is 0 Å². The fraction of sp³-hybridized carbons (Fsp3) is 1.00. The van der Waals surface area contributed by atoms with E-state index in [4.69, 9.17) is 10.0 Å². The molecule has 18 heavy (non-hydrogen) atoms. The minimum absolute atomic E-state index is 0.567. The molecule has 0 saturated heterocycles. The molecule has 0 rings (SSSR count). The summed E-state index contributed by atoms with van der Waals surface area (Å²) in [5.74, 6) is 0. The number of hydrogen-bond acceptors (Lipinski definition) is 2. The van der Waals surface area contributed by atoms with Gasteiger partial charge in [-0.3, -0.25) is 0 Å². The van der Waals surface area contributed by atoms with Crippen molar-refractivity contribution in [1.82, 2.24) is 0 Å². The van der Waals surface area contributed by atoms with Gasteiger partial charge < -0.3 is 10.0 Å². The van der Waals surface area contributed by atoms with Gasteiger partial charge in [0.1, 0.15) is 0 Å². The molecule has 0 aliphatic carbocycles. The SMILES string of the molecule is CCCCCCCCCCCCCPCB(O)O. The number of unbranched alkanes of at least 4 members (excludes halogenated alkanes) is 10. The zero-order valence-electron chi connectivity index (χ0n) is 12.2. The predicted octanol–water partition coefficient (Wildman–Crippen LogP) is 3.99. The second kappa shape index (κ2) is 15.5. The fourth-order valence-electron chi connectivity index (χ4n) is 2.15. The Labute approximate surface area is 116 Å². The van der Waals surface area contributed by atoms with E-state index in [9.17, 15) is 0 Å². The van der Waals surface area contributed by atoms with Gasteiger partial charge in [0.25, 0.3) is 0 Å². The Kier molecular flexibility index (Phi) is 15.8. The number of rotatable bonds is 14. The van der Waals surface area contributed by atoms with Gasteiger partial charge in [0.15, 0.2) is 0 Å². The molecule has 0 aliphatic heterocycles. The van der Waals surface area contributed by atoms with Gasteiger partial charge in [-0.1, -0.05) is 71.1 Å². The van der Waals surface area contributed by atoms with Crippen molar-refractivity contribution in [2.24, 2.45) is 0 Å². The Morgan fingerprint density at radius 2 is 1.17 bits per heavy atom. The van der Waals surface area contributed by atoms with Crippen LogP contribution in [0.4, 0.5) is 0 Å². The van der Waals surface area contributed by atoms with Crippen molar-refractivity contribution >= 4 is 15.7 Å². The average Bonchev–Trinajstić information content (AvgIpc) is 2.34. The molecular formula is C14H32BO2P. The summed E-state index contributed by atoms with van der Waals surface area (Å²) < 4.78 is 0. The van der Waals surface area contributed by atoms with Crippen molar-refractivity contribution in [3.63, 3.8) is 0 Å². The first-order chi connectivity index (χ1) is 8.77. The maximum absolute atomic E-state index is 8.69. The third-order valence-corrected chi connectivity index (χ3v) is 4.64. The molecule has 2 nitrogen and oxygen atoms in total. The Balaban J connectivity index is 2.90. The Morgan fingerprint density at radius 1 is 0.722 bits per heavy atom. The van der Waals surface area contributed by atoms with E-state index in [1.807, 2.05) is 0 Å². The lowest BCUT2D eigenvalue weighted by molar-refractivity contribution is 0.415. The van der Waals surface area contributed by atoms with Crippen LogP contribution < -0.4 is 0 Å². The maximum atomic E-state index is 8.69. The van der Waals surface area contributed by atoms with Crippen LogP contribution in [0.3, 0.4) is 0 Å². The van der Waals surface area contributed by atoms with Crippen LogP contribution >= 0.6 is 8.58 Å². The van der Waals surface area contributed by atoms with Crippen LogP contribution in [0.5, 0.6) is 0 Å². The van der Waals surface area contributed by atoms with Crippen LogP contribution in [-0.2, 0) is 0 Å². The summed E-state index contributed by atoms with van der Waals surface area (Å²) in [6.45, 7) is 2.27. The summed E-state index contributed by atoms with van der Waals surface area (Å²) >= 11 is 0. The van der Waals surface area contributed by atoms with Gasteiger partial charge in [-0.05, 0) is 18.6 Å². The Hall–Kier alpha value is 0.415. The largest absolute Gasteiger partial charge is 0.455 e. The van der Waals surface area contributed by atoms with E-state index in [1.165, 1.54) is 76.8 Å². The molecule has 0 bridgehead atoms. The smallest absolute Gasteiger partial charge is 0.427 e. The lowest BCUT2D eigenvalue weighted by atomic mass is 9.98. The van der Waals surface area contributed by atoms with Crippen LogP contribution in [0, 0.1) is 0 Å². The van der Waals surface area contributed by atoms with Gasteiger partial charge >= 0.3 is 7.12 Å². The second-order valence-electron chi connectivity index (χ2n) is 5.22. The first-order valence-corrected chi connectivity index (χ1v) is 9.25. The molecule has 0 saturated carbocycles. The maximum Gasteiger partial charge on any atom is 0.455 e. The molecule has 1 unspecified atom stereocenters. The highest BCUT2D eigenvalue weighted by Gasteiger charge is 2.04. The minimum Gasteiger partial charge on any atom is -0.427 e. The van der Waals surface area contributed by atoms with Crippen molar-refractivity contribution in [3.05, 3.63) is 0 Å².